The molecule has 0 spiro atoms. The van der Waals surface area contributed by atoms with E-state index in [1.807, 2.05) is 41.0 Å². The molecule has 3 heterocycles. The topological polar surface area (TPSA) is 33.5 Å². The van der Waals surface area contributed by atoms with Gasteiger partial charge in [0.25, 0.3) is 0 Å². The predicted molar refractivity (Wildman–Crippen MR) is 283 cm³/mol. The van der Waals surface area contributed by atoms with Crippen LogP contribution in [0.15, 0.2) is 170 Å². The van der Waals surface area contributed by atoms with Crippen molar-refractivity contribution in [2.45, 2.75) is 78.9 Å². The normalized spacial score (nSPS) is 15.1. The summed E-state index contributed by atoms with van der Waals surface area (Å²) in [7, 11) is -1.81. The van der Waals surface area contributed by atoms with Gasteiger partial charge in [-0.15, -0.1) is 0 Å². The summed E-state index contributed by atoms with van der Waals surface area (Å²) >= 11 is 0. The maximum Gasteiger partial charge on any atom is 0.137 e. The van der Waals surface area contributed by atoms with Crippen molar-refractivity contribution in [1.29, 1.82) is 0 Å². The lowest BCUT2D eigenvalue weighted by Gasteiger charge is -2.29. The maximum atomic E-state index is 8.75. The molecule has 1 aliphatic rings. The SMILES string of the molecule is [2H]c1c([2H])c([2H])c(-c2cnc(-n3c4cc(Oc5cccc(N6CN(c7cc(C(C)(C)C)cc(C(C)(C)C)c7)c7ccccc76)c5)ccc4c4ccc(-c5ccccc5[Si](C)(C)C)cc43)cc2C([2H])([2H])[2H])c([2H])c1[2H]. The van der Waals surface area contributed by atoms with E-state index >= 15 is 0 Å². The third-order valence-corrected chi connectivity index (χ3v) is 14.8. The lowest BCUT2D eigenvalue weighted by Crippen LogP contribution is -2.38. The zero-order valence-electron chi connectivity index (χ0n) is 47.2. The molecule has 7 aromatic carbocycles. The third kappa shape index (κ3) is 7.98. The zero-order chi connectivity index (χ0) is 53.0. The van der Waals surface area contributed by atoms with Gasteiger partial charge in [-0.2, -0.15) is 0 Å². The Kier molecular flexibility index (Phi) is 8.46. The lowest BCUT2D eigenvalue weighted by molar-refractivity contribution is 0.483. The van der Waals surface area contributed by atoms with Crippen LogP contribution in [0, 0.1) is 6.85 Å². The van der Waals surface area contributed by atoms with Gasteiger partial charge in [-0.1, -0.05) is 157 Å². The fourth-order valence-corrected chi connectivity index (χ4v) is 10.8. The minimum atomic E-state index is -2.76. The third-order valence-electron chi connectivity index (χ3n) is 12.7. The van der Waals surface area contributed by atoms with E-state index in [0.29, 0.717) is 23.7 Å². The number of ether oxygens (including phenoxy) is 1. The Morgan fingerprint density at radius 1 is 0.591 bits per heavy atom. The van der Waals surface area contributed by atoms with Crippen LogP contribution < -0.4 is 19.7 Å². The summed E-state index contributed by atoms with van der Waals surface area (Å²) in [6, 6.07) is 43.1. The number of hydrogen-bond acceptors (Lipinski definition) is 4. The van der Waals surface area contributed by atoms with Crippen molar-refractivity contribution in [2.75, 3.05) is 16.5 Å². The Hall–Kier alpha value is -6.89. The van der Waals surface area contributed by atoms with E-state index < -0.39 is 45.1 Å². The monoisotopic (exact) mass is 889 g/mol. The molecule has 0 atom stereocenters. The molecule has 0 amide bonds. The fourth-order valence-electron chi connectivity index (χ4n) is 9.16. The molecule has 0 fully saturated rings. The van der Waals surface area contributed by atoms with Crippen LogP contribution in [0.1, 0.15) is 69.2 Å². The van der Waals surface area contributed by atoms with E-state index in [2.05, 4.69) is 162 Å². The number of nitrogens with zero attached hydrogens (tertiary/aromatic N) is 4. The van der Waals surface area contributed by atoms with Crippen molar-refractivity contribution >= 4 is 57.8 Å². The first kappa shape index (κ1) is 34.5. The first-order valence-electron chi connectivity index (χ1n) is 26.6. The van der Waals surface area contributed by atoms with Crippen LogP contribution in [-0.2, 0) is 10.8 Å². The molecule has 0 saturated heterocycles. The number of aryl methyl sites for hydroxylation is 1. The number of aromatic nitrogens is 2. The van der Waals surface area contributed by atoms with Crippen LogP contribution >= 0.6 is 0 Å². The molecule has 6 heteroatoms. The van der Waals surface area contributed by atoms with E-state index in [4.69, 9.17) is 20.7 Å². The molecule has 9 aromatic rings. The highest BCUT2D eigenvalue weighted by molar-refractivity contribution is 6.89. The molecular formula is C60H60N4OSi. The van der Waals surface area contributed by atoms with Gasteiger partial charge in [-0.25, -0.2) is 4.98 Å². The molecule has 0 radical (unpaired) electrons. The second-order valence-corrected chi connectivity index (χ2v) is 25.5. The summed E-state index contributed by atoms with van der Waals surface area (Å²) in [6.45, 7) is 18.4. The van der Waals surface area contributed by atoms with Crippen molar-refractivity contribution in [3.8, 4) is 39.6 Å². The molecule has 1 aliphatic heterocycles. The summed E-state index contributed by atoms with van der Waals surface area (Å²) in [5.41, 5.74) is 9.93. The fraction of sp³-hybridized carbons (Fsp3) is 0.217. The minimum absolute atomic E-state index is 0.0419. The molecule has 5 nitrogen and oxygen atoms in total. The van der Waals surface area contributed by atoms with Gasteiger partial charge in [0.05, 0.1) is 37.3 Å². The highest BCUT2D eigenvalue weighted by Gasteiger charge is 2.31. The molecule has 2 aromatic heterocycles. The molecular weight excluding hydrogens is 821 g/mol. The second-order valence-electron chi connectivity index (χ2n) is 20.5. The van der Waals surface area contributed by atoms with Crippen molar-refractivity contribution in [3.63, 3.8) is 0 Å². The highest BCUT2D eigenvalue weighted by Crippen LogP contribution is 2.47. The van der Waals surface area contributed by atoms with Crippen LogP contribution in [0.4, 0.5) is 22.7 Å². The number of para-hydroxylation sites is 2. The molecule has 0 aliphatic carbocycles. The Labute approximate surface area is 403 Å². The van der Waals surface area contributed by atoms with E-state index in [-0.39, 0.29) is 33.3 Å². The molecule has 0 N–H and O–H groups in total. The Bertz CT molecular complexity index is 3650. The number of rotatable bonds is 8. The van der Waals surface area contributed by atoms with Crippen LogP contribution in [0.3, 0.4) is 0 Å². The summed E-state index contributed by atoms with van der Waals surface area (Å²) in [5.74, 6) is 1.45. The number of anilines is 4. The summed E-state index contributed by atoms with van der Waals surface area (Å²) in [6.07, 6.45) is 1.32. The quantitative estimate of drug-likeness (QED) is 0.142. The van der Waals surface area contributed by atoms with Gasteiger partial charge < -0.3 is 14.5 Å². The molecule has 0 saturated carbocycles. The number of hydrogen-bond donors (Lipinski definition) is 0. The summed E-state index contributed by atoms with van der Waals surface area (Å²) in [5, 5.41) is 3.10. The average Bonchev–Trinajstić information content (AvgIpc) is 3.91. The highest BCUT2D eigenvalue weighted by atomic mass is 28.3. The lowest BCUT2D eigenvalue weighted by atomic mass is 9.80. The van der Waals surface area contributed by atoms with Crippen molar-refractivity contribution in [1.82, 2.24) is 9.55 Å². The van der Waals surface area contributed by atoms with Gasteiger partial charge in [-0.3, -0.25) is 4.57 Å². The molecule has 10 rings (SSSR count). The number of fused-ring (bicyclic) bond motifs is 4. The average molecular weight is 889 g/mol. The van der Waals surface area contributed by atoms with Gasteiger partial charge in [0, 0.05) is 50.2 Å². The number of benzene rings is 7. The summed E-state index contributed by atoms with van der Waals surface area (Å²) < 4.78 is 77.4. The van der Waals surface area contributed by atoms with Crippen molar-refractivity contribution in [3.05, 3.63) is 187 Å². The summed E-state index contributed by atoms with van der Waals surface area (Å²) in [4.78, 5) is 9.57. The smallest absolute Gasteiger partial charge is 0.137 e. The van der Waals surface area contributed by atoms with Crippen LogP contribution in [0.25, 0.3) is 49.9 Å². The molecule has 0 bridgehead atoms. The van der Waals surface area contributed by atoms with E-state index in [1.54, 1.807) is 0 Å². The maximum absolute atomic E-state index is 8.75. The van der Waals surface area contributed by atoms with Gasteiger partial charge >= 0.3 is 0 Å². The Morgan fingerprint density at radius 3 is 1.91 bits per heavy atom. The van der Waals surface area contributed by atoms with Gasteiger partial charge in [0.2, 0.25) is 0 Å². The molecule has 330 valence electrons. The van der Waals surface area contributed by atoms with E-state index in [9.17, 15) is 0 Å². The largest absolute Gasteiger partial charge is 0.457 e. The van der Waals surface area contributed by atoms with Crippen molar-refractivity contribution in [2.24, 2.45) is 0 Å². The van der Waals surface area contributed by atoms with Gasteiger partial charge in [-0.05, 0) is 112 Å². The standard InChI is InChI=1S/C60H60N4OSi/c1-40-31-58(61-38-52(40)41-19-12-11-13-20-41)64-55-32-42(49-23-14-17-26-57(49)66(8,9)10)27-29-50(55)51-30-28-48(37-56(51)64)65-47-22-18-21-45(36-47)62-39-63(54-25-16-15-24-53(54)62)46-34-43(59(2,3)4)33-44(35-46)60(5,6)7/h11-38H,39H2,1-10H3/i1D3,11D,12D,13D,19D,20D. The van der Waals surface area contributed by atoms with Gasteiger partial charge in [0.1, 0.15) is 24.0 Å². The Balaban J connectivity index is 1.10. The first-order chi connectivity index (χ1) is 34.8. The van der Waals surface area contributed by atoms with E-state index in [1.165, 1.54) is 28.6 Å². The predicted octanol–water partition coefficient (Wildman–Crippen LogP) is 16.0. The van der Waals surface area contributed by atoms with Crippen LogP contribution in [-0.4, -0.2) is 24.3 Å². The van der Waals surface area contributed by atoms with Gasteiger partial charge in [0.15, 0.2) is 0 Å². The minimum Gasteiger partial charge on any atom is -0.457 e. The van der Waals surface area contributed by atoms with Crippen LogP contribution in [0.2, 0.25) is 19.6 Å². The van der Waals surface area contributed by atoms with E-state index in [0.717, 1.165) is 50.2 Å². The van der Waals surface area contributed by atoms with Crippen LogP contribution in [0.5, 0.6) is 11.5 Å². The number of pyridine rings is 1. The molecule has 66 heavy (non-hydrogen) atoms. The van der Waals surface area contributed by atoms with Crippen molar-refractivity contribution < 1.29 is 15.7 Å². The Morgan fingerprint density at radius 2 is 1.23 bits per heavy atom. The molecule has 0 unspecified atom stereocenters. The zero-order valence-corrected chi connectivity index (χ0v) is 40.2. The second kappa shape index (κ2) is 16.2. The first-order valence-corrected chi connectivity index (χ1v) is 26.1.